The average Bonchev–Trinajstić information content (AvgIpc) is 3.04. The van der Waals surface area contributed by atoms with Crippen LogP contribution in [0.5, 0.6) is 0 Å². The van der Waals surface area contributed by atoms with Crippen molar-refractivity contribution in [3.05, 3.63) is 23.7 Å². The zero-order valence-corrected chi connectivity index (χ0v) is 13.1. The van der Waals surface area contributed by atoms with E-state index in [1.54, 1.807) is 0 Å². The van der Waals surface area contributed by atoms with Gasteiger partial charge in [0.05, 0.1) is 0 Å². The predicted octanol–water partition coefficient (Wildman–Crippen LogP) is 3.25. The highest BCUT2D eigenvalue weighted by Gasteiger charge is 2.34. The van der Waals surface area contributed by atoms with Crippen LogP contribution in [0.1, 0.15) is 50.5 Å². The molecule has 3 heterocycles. The lowest BCUT2D eigenvalue weighted by molar-refractivity contribution is 0.0573. The van der Waals surface area contributed by atoms with Gasteiger partial charge in [0.15, 0.2) is 0 Å². The molecule has 2 aliphatic heterocycles. The molecule has 2 fully saturated rings. The third-order valence-corrected chi connectivity index (χ3v) is 5.16. The molecule has 2 aliphatic rings. The van der Waals surface area contributed by atoms with E-state index in [1.807, 2.05) is 6.92 Å². The van der Waals surface area contributed by atoms with Gasteiger partial charge in [-0.1, -0.05) is 6.92 Å². The highest BCUT2D eigenvalue weighted by Crippen LogP contribution is 2.27. The van der Waals surface area contributed by atoms with Gasteiger partial charge in [-0.2, -0.15) is 0 Å². The summed E-state index contributed by atoms with van der Waals surface area (Å²) in [7, 11) is 0. The Morgan fingerprint density at radius 2 is 2.20 bits per heavy atom. The summed E-state index contributed by atoms with van der Waals surface area (Å²) in [6.45, 7) is 11.8. The van der Waals surface area contributed by atoms with Gasteiger partial charge in [0.2, 0.25) is 0 Å². The second-order valence-electron chi connectivity index (χ2n) is 6.77. The Morgan fingerprint density at radius 1 is 1.35 bits per heavy atom. The molecule has 112 valence electrons. The van der Waals surface area contributed by atoms with Gasteiger partial charge in [0.1, 0.15) is 11.5 Å². The SMILES string of the molecule is Cc1ccc([C@@H](C)CCN2C[C@H]3CCCN3C[C@H]2C)o1. The summed E-state index contributed by atoms with van der Waals surface area (Å²) in [4.78, 5) is 5.39. The number of nitrogens with zero attached hydrogens (tertiary/aromatic N) is 2. The summed E-state index contributed by atoms with van der Waals surface area (Å²) in [6, 6.07) is 5.74. The van der Waals surface area contributed by atoms with Crippen LogP contribution < -0.4 is 0 Å². The largest absolute Gasteiger partial charge is 0.466 e. The van der Waals surface area contributed by atoms with Crippen LogP contribution in [0, 0.1) is 6.92 Å². The van der Waals surface area contributed by atoms with E-state index in [0.717, 1.165) is 17.6 Å². The van der Waals surface area contributed by atoms with Gasteiger partial charge in [-0.05, 0) is 58.3 Å². The maximum Gasteiger partial charge on any atom is 0.107 e. The van der Waals surface area contributed by atoms with Crippen LogP contribution in [0.3, 0.4) is 0 Å². The summed E-state index contributed by atoms with van der Waals surface area (Å²) in [6.07, 6.45) is 3.99. The van der Waals surface area contributed by atoms with Gasteiger partial charge in [-0.3, -0.25) is 9.80 Å². The molecule has 0 N–H and O–H groups in total. The second kappa shape index (κ2) is 5.90. The van der Waals surface area contributed by atoms with E-state index < -0.39 is 0 Å². The Kier molecular flexibility index (Phi) is 4.18. The zero-order valence-electron chi connectivity index (χ0n) is 13.1. The fourth-order valence-electron chi connectivity index (χ4n) is 3.78. The molecule has 1 aromatic rings. The first-order chi connectivity index (χ1) is 9.63. The fourth-order valence-corrected chi connectivity index (χ4v) is 3.78. The third kappa shape index (κ3) is 2.94. The van der Waals surface area contributed by atoms with Crippen LogP contribution >= 0.6 is 0 Å². The number of piperazine rings is 1. The number of hydrogen-bond acceptors (Lipinski definition) is 3. The van der Waals surface area contributed by atoms with E-state index in [4.69, 9.17) is 4.42 Å². The van der Waals surface area contributed by atoms with Crippen LogP contribution in [0.4, 0.5) is 0 Å². The Bertz CT molecular complexity index is 442. The molecule has 20 heavy (non-hydrogen) atoms. The third-order valence-electron chi connectivity index (χ3n) is 5.16. The molecule has 3 heteroatoms. The van der Waals surface area contributed by atoms with E-state index in [-0.39, 0.29) is 0 Å². The Morgan fingerprint density at radius 3 is 2.95 bits per heavy atom. The Balaban J connectivity index is 1.52. The summed E-state index contributed by atoms with van der Waals surface area (Å²) in [5, 5.41) is 0. The quantitative estimate of drug-likeness (QED) is 0.841. The van der Waals surface area contributed by atoms with Crippen molar-refractivity contribution in [2.75, 3.05) is 26.2 Å². The van der Waals surface area contributed by atoms with E-state index in [1.165, 1.54) is 45.4 Å². The van der Waals surface area contributed by atoms with Crippen molar-refractivity contribution in [1.29, 1.82) is 0 Å². The van der Waals surface area contributed by atoms with Crippen molar-refractivity contribution in [1.82, 2.24) is 9.80 Å². The standard InChI is InChI=1S/C17H28N2O/c1-13(17-7-6-15(3)20-17)8-10-18-12-16-5-4-9-19(16)11-14(18)2/h6-7,13-14,16H,4-5,8-12H2,1-3H3/t13-,14+,16+/m0/s1. The molecule has 0 bridgehead atoms. The highest BCUT2D eigenvalue weighted by molar-refractivity contribution is 5.09. The van der Waals surface area contributed by atoms with Crippen LogP contribution in [-0.4, -0.2) is 48.1 Å². The Hall–Kier alpha value is -0.800. The van der Waals surface area contributed by atoms with Gasteiger partial charge in [0.25, 0.3) is 0 Å². The van der Waals surface area contributed by atoms with Gasteiger partial charge < -0.3 is 4.42 Å². The monoisotopic (exact) mass is 276 g/mol. The molecule has 0 saturated carbocycles. The van der Waals surface area contributed by atoms with Gasteiger partial charge >= 0.3 is 0 Å². The molecule has 0 radical (unpaired) electrons. The van der Waals surface area contributed by atoms with Crippen LogP contribution in [0.25, 0.3) is 0 Å². The Labute approximate surface area is 122 Å². The number of hydrogen-bond donors (Lipinski definition) is 0. The molecule has 2 saturated heterocycles. The van der Waals surface area contributed by atoms with E-state index in [0.29, 0.717) is 12.0 Å². The number of furan rings is 1. The molecule has 1 aromatic heterocycles. The first-order valence-electron chi connectivity index (χ1n) is 8.18. The first-order valence-corrected chi connectivity index (χ1v) is 8.18. The number of rotatable bonds is 4. The van der Waals surface area contributed by atoms with Crippen molar-refractivity contribution in [3.8, 4) is 0 Å². The lowest BCUT2D eigenvalue weighted by Gasteiger charge is -2.42. The zero-order chi connectivity index (χ0) is 14.1. The lowest BCUT2D eigenvalue weighted by Crippen LogP contribution is -2.55. The molecule has 0 aromatic carbocycles. The first kappa shape index (κ1) is 14.2. The molecular weight excluding hydrogens is 248 g/mol. The second-order valence-corrected chi connectivity index (χ2v) is 6.77. The molecule has 0 amide bonds. The van der Waals surface area contributed by atoms with Crippen molar-refractivity contribution in [3.63, 3.8) is 0 Å². The average molecular weight is 276 g/mol. The molecule has 3 rings (SSSR count). The fraction of sp³-hybridized carbons (Fsp3) is 0.765. The highest BCUT2D eigenvalue weighted by atomic mass is 16.3. The van der Waals surface area contributed by atoms with Crippen LogP contribution in [0.15, 0.2) is 16.5 Å². The van der Waals surface area contributed by atoms with Gasteiger partial charge in [0, 0.05) is 31.1 Å². The molecule has 3 nitrogen and oxygen atoms in total. The van der Waals surface area contributed by atoms with Gasteiger partial charge in [-0.15, -0.1) is 0 Å². The van der Waals surface area contributed by atoms with Crippen molar-refractivity contribution < 1.29 is 4.42 Å². The number of aryl methyl sites for hydroxylation is 1. The van der Waals surface area contributed by atoms with Crippen molar-refractivity contribution in [2.45, 2.75) is 58.0 Å². The lowest BCUT2D eigenvalue weighted by atomic mass is 10.0. The predicted molar refractivity (Wildman–Crippen MR) is 82.1 cm³/mol. The van der Waals surface area contributed by atoms with Crippen molar-refractivity contribution in [2.24, 2.45) is 0 Å². The van der Waals surface area contributed by atoms with E-state index in [9.17, 15) is 0 Å². The summed E-state index contributed by atoms with van der Waals surface area (Å²) in [5.74, 6) is 2.70. The molecule has 0 spiro atoms. The maximum absolute atomic E-state index is 5.75. The smallest absolute Gasteiger partial charge is 0.107 e. The summed E-state index contributed by atoms with van der Waals surface area (Å²) >= 11 is 0. The molecule has 3 atom stereocenters. The van der Waals surface area contributed by atoms with E-state index >= 15 is 0 Å². The summed E-state index contributed by atoms with van der Waals surface area (Å²) < 4.78 is 5.75. The molecule has 0 aliphatic carbocycles. The van der Waals surface area contributed by atoms with Gasteiger partial charge in [-0.25, -0.2) is 0 Å². The topological polar surface area (TPSA) is 19.6 Å². The minimum atomic E-state index is 0.525. The van der Waals surface area contributed by atoms with Crippen LogP contribution in [0.2, 0.25) is 0 Å². The van der Waals surface area contributed by atoms with E-state index in [2.05, 4.69) is 35.8 Å². The maximum atomic E-state index is 5.75. The molecular formula is C17H28N2O. The van der Waals surface area contributed by atoms with Crippen LogP contribution in [-0.2, 0) is 0 Å². The summed E-state index contributed by atoms with van der Waals surface area (Å²) in [5.41, 5.74) is 0. The molecule has 0 unspecified atom stereocenters. The van der Waals surface area contributed by atoms with Crippen molar-refractivity contribution >= 4 is 0 Å². The normalized spacial score (nSPS) is 29.6. The minimum Gasteiger partial charge on any atom is -0.466 e. The number of fused-ring (bicyclic) bond motifs is 1. The minimum absolute atomic E-state index is 0.525.